The van der Waals surface area contributed by atoms with E-state index in [1.54, 1.807) is 6.07 Å². The average molecular weight is 312 g/mol. The standard InChI is InChI=1S/C15H22BrNO/c1-2-12-4-3-8-17(9-7-12)11-13-10-14(16)5-6-15(13)18/h5-6,10,12,18H,2-4,7-9,11H2,1H3. The molecule has 1 aliphatic rings. The van der Waals surface area contributed by atoms with E-state index >= 15 is 0 Å². The van der Waals surface area contributed by atoms with Crippen molar-refractivity contribution in [3.05, 3.63) is 28.2 Å². The van der Waals surface area contributed by atoms with Gasteiger partial charge in [0.2, 0.25) is 0 Å². The average Bonchev–Trinajstić information content (AvgIpc) is 2.59. The molecule has 1 atom stereocenters. The summed E-state index contributed by atoms with van der Waals surface area (Å²) in [4.78, 5) is 2.47. The zero-order chi connectivity index (χ0) is 13.0. The lowest BCUT2D eigenvalue weighted by Crippen LogP contribution is -2.24. The summed E-state index contributed by atoms with van der Waals surface area (Å²) in [5, 5.41) is 9.89. The van der Waals surface area contributed by atoms with Crippen LogP contribution in [0.15, 0.2) is 22.7 Å². The number of halogens is 1. The summed E-state index contributed by atoms with van der Waals surface area (Å²) in [7, 11) is 0. The summed E-state index contributed by atoms with van der Waals surface area (Å²) < 4.78 is 1.04. The maximum Gasteiger partial charge on any atom is 0.120 e. The fraction of sp³-hybridized carbons (Fsp3) is 0.600. The number of likely N-dealkylation sites (tertiary alicyclic amines) is 1. The van der Waals surface area contributed by atoms with Crippen LogP contribution in [-0.4, -0.2) is 23.1 Å². The molecule has 3 heteroatoms. The van der Waals surface area contributed by atoms with E-state index in [1.165, 1.54) is 25.7 Å². The molecule has 1 fully saturated rings. The zero-order valence-corrected chi connectivity index (χ0v) is 12.6. The number of phenolic OH excluding ortho intramolecular Hbond substituents is 1. The molecule has 1 heterocycles. The molecule has 0 aromatic heterocycles. The van der Waals surface area contributed by atoms with Crippen molar-refractivity contribution < 1.29 is 5.11 Å². The first-order valence-corrected chi connectivity index (χ1v) is 7.68. The number of nitrogens with zero attached hydrogens (tertiary/aromatic N) is 1. The molecule has 0 amide bonds. The number of hydrogen-bond acceptors (Lipinski definition) is 2. The summed E-state index contributed by atoms with van der Waals surface area (Å²) in [6.07, 6.45) is 5.24. The molecular formula is C15H22BrNO. The monoisotopic (exact) mass is 311 g/mol. The number of aromatic hydroxyl groups is 1. The lowest BCUT2D eigenvalue weighted by atomic mass is 9.98. The molecule has 1 unspecified atom stereocenters. The molecule has 0 radical (unpaired) electrons. The molecule has 1 saturated heterocycles. The Bertz CT molecular complexity index is 394. The van der Waals surface area contributed by atoms with Crippen molar-refractivity contribution in [3.8, 4) is 5.75 Å². The highest BCUT2D eigenvalue weighted by atomic mass is 79.9. The van der Waals surface area contributed by atoms with Gasteiger partial charge in [0, 0.05) is 16.6 Å². The Morgan fingerprint density at radius 3 is 2.94 bits per heavy atom. The second kappa shape index (κ2) is 6.58. The zero-order valence-electron chi connectivity index (χ0n) is 11.0. The third kappa shape index (κ3) is 3.72. The first kappa shape index (κ1) is 13.9. The Balaban J connectivity index is 1.98. The molecule has 1 aromatic rings. The third-order valence-electron chi connectivity index (χ3n) is 3.95. The number of rotatable bonds is 3. The normalized spacial score (nSPS) is 21.8. The summed E-state index contributed by atoms with van der Waals surface area (Å²) in [6.45, 7) is 5.47. The molecule has 0 spiro atoms. The first-order chi connectivity index (χ1) is 8.69. The van der Waals surface area contributed by atoms with Crippen LogP contribution in [0.5, 0.6) is 5.75 Å². The summed E-state index contributed by atoms with van der Waals surface area (Å²) in [5.41, 5.74) is 1.03. The van der Waals surface area contributed by atoms with Crippen LogP contribution in [0.25, 0.3) is 0 Å². The van der Waals surface area contributed by atoms with Gasteiger partial charge in [-0.05, 0) is 56.5 Å². The van der Waals surface area contributed by atoms with Crippen molar-refractivity contribution in [1.29, 1.82) is 0 Å². The van der Waals surface area contributed by atoms with Crippen molar-refractivity contribution in [2.75, 3.05) is 13.1 Å². The minimum atomic E-state index is 0.412. The largest absolute Gasteiger partial charge is 0.508 e. The van der Waals surface area contributed by atoms with E-state index in [1.807, 2.05) is 12.1 Å². The maximum atomic E-state index is 9.89. The highest BCUT2D eigenvalue weighted by molar-refractivity contribution is 9.10. The van der Waals surface area contributed by atoms with E-state index in [0.717, 1.165) is 35.6 Å². The van der Waals surface area contributed by atoms with Gasteiger partial charge in [-0.25, -0.2) is 0 Å². The first-order valence-electron chi connectivity index (χ1n) is 6.88. The van der Waals surface area contributed by atoms with Gasteiger partial charge in [0.1, 0.15) is 5.75 Å². The predicted octanol–water partition coefficient (Wildman–Crippen LogP) is 4.17. The Morgan fingerprint density at radius 1 is 1.33 bits per heavy atom. The Kier molecular flexibility index (Phi) is 5.07. The molecule has 0 aliphatic carbocycles. The fourth-order valence-electron chi connectivity index (χ4n) is 2.71. The van der Waals surface area contributed by atoms with Crippen molar-refractivity contribution in [1.82, 2.24) is 4.90 Å². The molecular weight excluding hydrogens is 290 g/mol. The van der Waals surface area contributed by atoms with Gasteiger partial charge in [-0.1, -0.05) is 29.3 Å². The maximum absolute atomic E-state index is 9.89. The van der Waals surface area contributed by atoms with Gasteiger partial charge < -0.3 is 5.11 Å². The van der Waals surface area contributed by atoms with E-state index < -0.39 is 0 Å². The van der Waals surface area contributed by atoms with Gasteiger partial charge in [-0.2, -0.15) is 0 Å². The lowest BCUT2D eigenvalue weighted by Gasteiger charge is -2.20. The predicted molar refractivity (Wildman–Crippen MR) is 78.7 cm³/mol. The molecule has 100 valence electrons. The topological polar surface area (TPSA) is 23.5 Å². The van der Waals surface area contributed by atoms with Crippen molar-refractivity contribution in [2.45, 2.75) is 39.2 Å². The number of benzene rings is 1. The van der Waals surface area contributed by atoms with Crippen LogP contribution in [0.4, 0.5) is 0 Å². The van der Waals surface area contributed by atoms with Gasteiger partial charge >= 0.3 is 0 Å². The molecule has 2 rings (SSSR count). The van der Waals surface area contributed by atoms with Crippen LogP contribution in [0.1, 0.15) is 38.2 Å². The molecule has 0 bridgehead atoms. The molecule has 1 aliphatic heterocycles. The molecule has 1 aromatic carbocycles. The Hall–Kier alpha value is -0.540. The van der Waals surface area contributed by atoms with Gasteiger partial charge in [-0.3, -0.25) is 4.90 Å². The van der Waals surface area contributed by atoms with Crippen LogP contribution >= 0.6 is 15.9 Å². The molecule has 1 N–H and O–H groups in total. The SMILES string of the molecule is CCC1CCCN(Cc2cc(Br)ccc2O)CC1. The Labute approximate surface area is 118 Å². The van der Waals surface area contributed by atoms with Gasteiger partial charge in [0.25, 0.3) is 0 Å². The summed E-state index contributed by atoms with van der Waals surface area (Å²) in [5.74, 6) is 1.31. The van der Waals surface area contributed by atoms with Crippen molar-refractivity contribution >= 4 is 15.9 Å². The second-order valence-corrected chi connectivity index (χ2v) is 6.17. The number of hydrogen-bond donors (Lipinski definition) is 1. The second-order valence-electron chi connectivity index (χ2n) is 5.25. The van der Waals surface area contributed by atoms with Crippen LogP contribution in [0, 0.1) is 5.92 Å². The minimum absolute atomic E-state index is 0.412. The Morgan fingerprint density at radius 2 is 2.17 bits per heavy atom. The molecule has 0 saturated carbocycles. The van der Waals surface area contributed by atoms with Crippen LogP contribution in [0.3, 0.4) is 0 Å². The quantitative estimate of drug-likeness (QED) is 0.905. The van der Waals surface area contributed by atoms with Gasteiger partial charge in [-0.15, -0.1) is 0 Å². The fourth-order valence-corrected chi connectivity index (χ4v) is 3.12. The number of phenols is 1. The molecule has 18 heavy (non-hydrogen) atoms. The highest BCUT2D eigenvalue weighted by Gasteiger charge is 2.16. The smallest absolute Gasteiger partial charge is 0.120 e. The van der Waals surface area contributed by atoms with E-state index in [9.17, 15) is 5.11 Å². The van der Waals surface area contributed by atoms with Crippen LogP contribution in [-0.2, 0) is 6.54 Å². The third-order valence-corrected chi connectivity index (χ3v) is 4.45. The lowest BCUT2D eigenvalue weighted by molar-refractivity contribution is 0.268. The van der Waals surface area contributed by atoms with E-state index in [4.69, 9.17) is 0 Å². The van der Waals surface area contributed by atoms with Crippen LogP contribution in [0.2, 0.25) is 0 Å². The van der Waals surface area contributed by atoms with E-state index in [0.29, 0.717) is 5.75 Å². The van der Waals surface area contributed by atoms with Crippen LogP contribution < -0.4 is 0 Å². The minimum Gasteiger partial charge on any atom is -0.508 e. The van der Waals surface area contributed by atoms with E-state index in [-0.39, 0.29) is 0 Å². The van der Waals surface area contributed by atoms with Crippen molar-refractivity contribution in [2.24, 2.45) is 5.92 Å². The summed E-state index contributed by atoms with van der Waals surface area (Å²) >= 11 is 3.47. The highest BCUT2D eigenvalue weighted by Crippen LogP contribution is 2.26. The van der Waals surface area contributed by atoms with Crippen molar-refractivity contribution in [3.63, 3.8) is 0 Å². The van der Waals surface area contributed by atoms with Gasteiger partial charge in [0.05, 0.1) is 0 Å². The van der Waals surface area contributed by atoms with E-state index in [2.05, 4.69) is 27.8 Å². The molecule has 2 nitrogen and oxygen atoms in total. The van der Waals surface area contributed by atoms with Gasteiger partial charge in [0.15, 0.2) is 0 Å². The summed E-state index contributed by atoms with van der Waals surface area (Å²) in [6, 6.07) is 5.68.